The van der Waals surface area contributed by atoms with E-state index in [2.05, 4.69) is 27.7 Å². The van der Waals surface area contributed by atoms with Gasteiger partial charge in [0.1, 0.15) is 0 Å². The van der Waals surface area contributed by atoms with E-state index in [1.54, 1.807) is 14.2 Å². The monoisotopic (exact) mass is 300 g/mol. The van der Waals surface area contributed by atoms with E-state index >= 15 is 0 Å². The van der Waals surface area contributed by atoms with Crippen LogP contribution in [0.4, 0.5) is 0 Å². The molecule has 1 aliphatic carbocycles. The maximum absolute atomic E-state index is 6.33. The first-order chi connectivity index (χ1) is 9.89. The minimum atomic E-state index is -0.0951. The second kappa shape index (κ2) is 8.50. The van der Waals surface area contributed by atoms with E-state index in [0.29, 0.717) is 25.2 Å². The van der Waals surface area contributed by atoms with Crippen LogP contribution in [0, 0.1) is 16.7 Å². The maximum Gasteiger partial charge on any atom is 0.0575 e. The van der Waals surface area contributed by atoms with Gasteiger partial charge in [-0.15, -0.1) is 0 Å². The molecule has 1 saturated carbocycles. The third-order valence-electron chi connectivity index (χ3n) is 5.80. The summed E-state index contributed by atoms with van der Waals surface area (Å²) in [5.74, 6) is 0.540. The fraction of sp³-hybridized carbons (Fsp3) is 1.00. The molecule has 1 aliphatic rings. The van der Waals surface area contributed by atoms with Crippen molar-refractivity contribution >= 4 is 0 Å². The van der Waals surface area contributed by atoms with Crippen LogP contribution in [0.2, 0.25) is 0 Å². The molecule has 3 nitrogen and oxygen atoms in total. The Hall–Kier alpha value is -0.120. The zero-order chi connectivity index (χ0) is 15.9. The molecule has 0 atom stereocenters. The molecule has 126 valence electrons. The van der Waals surface area contributed by atoms with Crippen molar-refractivity contribution < 1.29 is 14.2 Å². The van der Waals surface area contributed by atoms with Crippen molar-refractivity contribution in [3.63, 3.8) is 0 Å². The molecule has 0 aromatic rings. The summed E-state index contributed by atoms with van der Waals surface area (Å²) in [5.41, 5.74) is -0.00417. The summed E-state index contributed by atoms with van der Waals surface area (Å²) < 4.78 is 17.5. The van der Waals surface area contributed by atoms with Crippen LogP contribution >= 0.6 is 0 Å². The van der Waals surface area contributed by atoms with Crippen LogP contribution < -0.4 is 0 Å². The first kappa shape index (κ1) is 18.9. The molecule has 1 rings (SSSR count). The van der Waals surface area contributed by atoms with Crippen LogP contribution in [0.3, 0.4) is 0 Å². The Morgan fingerprint density at radius 1 is 0.905 bits per heavy atom. The molecule has 0 spiro atoms. The van der Waals surface area contributed by atoms with Gasteiger partial charge in [0.2, 0.25) is 0 Å². The van der Waals surface area contributed by atoms with Gasteiger partial charge in [-0.1, -0.05) is 47.0 Å². The van der Waals surface area contributed by atoms with Gasteiger partial charge in [-0.05, 0) is 24.2 Å². The van der Waals surface area contributed by atoms with Crippen LogP contribution in [0.25, 0.3) is 0 Å². The summed E-state index contributed by atoms with van der Waals surface area (Å²) in [5, 5.41) is 0. The number of hydrogen-bond donors (Lipinski definition) is 0. The fourth-order valence-corrected chi connectivity index (χ4v) is 3.36. The first-order valence-corrected chi connectivity index (χ1v) is 8.49. The van der Waals surface area contributed by atoms with E-state index in [9.17, 15) is 0 Å². The molecule has 0 aromatic carbocycles. The van der Waals surface area contributed by atoms with Gasteiger partial charge >= 0.3 is 0 Å². The molecule has 0 amide bonds. The molecule has 3 heteroatoms. The molecule has 0 aliphatic heterocycles. The summed E-state index contributed by atoms with van der Waals surface area (Å²) >= 11 is 0. The van der Waals surface area contributed by atoms with E-state index < -0.39 is 0 Å². The zero-order valence-electron chi connectivity index (χ0n) is 15.0. The third-order valence-corrected chi connectivity index (χ3v) is 5.80. The van der Waals surface area contributed by atoms with Gasteiger partial charge in [0.05, 0.1) is 25.9 Å². The average Bonchev–Trinajstić information content (AvgIpc) is 2.46. The van der Waals surface area contributed by atoms with E-state index in [0.717, 1.165) is 6.61 Å². The predicted molar refractivity (Wildman–Crippen MR) is 87.6 cm³/mol. The quantitative estimate of drug-likeness (QED) is 0.635. The molecule has 0 bridgehead atoms. The van der Waals surface area contributed by atoms with E-state index in [-0.39, 0.29) is 10.8 Å². The molecule has 0 heterocycles. The standard InChI is InChI=1S/C18H36O3/c1-15(2)17(3,4)18(12-19-5,13-20-6)14-21-16-10-8-7-9-11-16/h15-16H,7-14H2,1-6H3. The van der Waals surface area contributed by atoms with Gasteiger partial charge in [0.15, 0.2) is 0 Å². The molecule has 0 saturated heterocycles. The van der Waals surface area contributed by atoms with Gasteiger partial charge in [0, 0.05) is 19.6 Å². The van der Waals surface area contributed by atoms with Crippen molar-refractivity contribution in [2.24, 2.45) is 16.7 Å². The topological polar surface area (TPSA) is 27.7 Å². The summed E-state index contributed by atoms with van der Waals surface area (Å²) in [6, 6.07) is 0. The Morgan fingerprint density at radius 3 is 1.86 bits per heavy atom. The molecule has 0 unspecified atom stereocenters. The number of methoxy groups -OCH3 is 2. The number of ether oxygens (including phenoxy) is 3. The fourth-order valence-electron chi connectivity index (χ4n) is 3.36. The van der Waals surface area contributed by atoms with Crippen molar-refractivity contribution in [2.75, 3.05) is 34.0 Å². The molecule has 0 N–H and O–H groups in total. The Balaban J connectivity index is 2.82. The minimum absolute atomic E-state index is 0.0910. The van der Waals surface area contributed by atoms with Gasteiger partial charge in [0.25, 0.3) is 0 Å². The predicted octanol–water partition coefficient (Wildman–Crippen LogP) is 4.30. The highest BCUT2D eigenvalue weighted by molar-refractivity contribution is 4.95. The Labute approximate surface area is 131 Å². The SMILES string of the molecule is COCC(COC)(COC1CCCCC1)C(C)(C)C(C)C. The molecular formula is C18H36O3. The second-order valence-electron chi connectivity index (χ2n) is 7.59. The highest BCUT2D eigenvalue weighted by Gasteiger charge is 2.47. The lowest BCUT2D eigenvalue weighted by Crippen LogP contribution is -2.51. The zero-order valence-corrected chi connectivity index (χ0v) is 15.0. The normalized spacial score (nSPS) is 18.4. The van der Waals surface area contributed by atoms with Crippen molar-refractivity contribution in [3.8, 4) is 0 Å². The Bertz CT molecular complexity index is 274. The second-order valence-corrected chi connectivity index (χ2v) is 7.59. The van der Waals surface area contributed by atoms with E-state index in [1.165, 1.54) is 32.1 Å². The minimum Gasteiger partial charge on any atom is -0.384 e. The molecular weight excluding hydrogens is 264 g/mol. The Morgan fingerprint density at radius 2 is 1.43 bits per heavy atom. The van der Waals surface area contributed by atoms with Crippen LogP contribution in [-0.2, 0) is 14.2 Å². The lowest BCUT2D eigenvalue weighted by Gasteiger charge is -2.49. The van der Waals surface area contributed by atoms with Gasteiger partial charge in [-0.2, -0.15) is 0 Å². The molecule has 0 radical (unpaired) electrons. The smallest absolute Gasteiger partial charge is 0.0575 e. The summed E-state index contributed by atoms with van der Waals surface area (Å²) in [7, 11) is 3.56. The van der Waals surface area contributed by atoms with Crippen molar-refractivity contribution in [1.29, 1.82) is 0 Å². The van der Waals surface area contributed by atoms with Crippen LogP contribution in [0.15, 0.2) is 0 Å². The van der Waals surface area contributed by atoms with Gasteiger partial charge < -0.3 is 14.2 Å². The van der Waals surface area contributed by atoms with Crippen molar-refractivity contribution in [2.45, 2.75) is 65.9 Å². The molecule has 21 heavy (non-hydrogen) atoms. The van der Waals surface area contributed by atoms with Crippen LogP contribution in [0.1, 0.15) is 59.8 Å². The Kier molecular flexibility index (Phi) is 7.66. The number of rotatable bonds is 9. The maximum atomic E-state index is 6.33. The van der Waals surface area contributed by atoms with E-state index in [4.69, 9.17) is 14.2 Å². The lowest BCUT2D eigenvalue weighted by molar-refractivity contribution is -0.145. The van der Waals surface area contributed by atoms with Crippen molar-refractivity contribution in [1.82, 2.24) is 0 Å². The largest absolute Gasteiger partial charge is 0.384 e. The van der Waals surface area contributed by atoms with Gasteiger partial charge in [-0.3, -0.25) is 0 Å². The van der Waals surface area contributed by atoms with Crippen LogP contribution in [-0.4, -0.2) is 40.1 Å². The average molecular weight is 300 g/mol. The lowest BCUT2D eigenvalue weighted by atomic mass is 9.61. The van der Waals surface area contributed by atoms with Crippen molar-refractivity contribution in [3.05, 3.63) is 0 Å². The highest BCUT2D eigenvalue weighted by atomic mass is 16.5. The molecule has 0 aromatic heterocycles. The summed E-state index contributed by atoms with van der Waals surface area (Å²) in [6.07, 6.45) is 6.81. The van der Waals surface area contributed by atoms with E-state index in [1.807, 2.05) is 0 Å². The van der Waals surface area contributed by atoms with Gasteiger partial charge in [-0.25, -0.2) is 0 Å². The third kappa shape index (κ3) is 4.67. The summed E-state index contributed by atoms with van der Waals surface area (Å²) in [4.78, 5) is 0. The van der Waals surface area contributed by atoms with Crippen LogP contribution in [0.5, 0.6) is 0 Å². The first-order valence-electron chi connectivity index (χ1n) is 8.49. The molecule has 1 fully saturated rings. The highest BCUT2D eigenvalue weighted by Crippen LogP contribution is 2.46. The number of hydrogen-bond acceptors (Lipinski definition) is 3. The summed E-state index contributed by atoms with van der Waals surface area (Å²) in [6.45, 7) is 11.3.